The van der Waals surface area contributed by atoms with E-state index in [1.807, 2.05) is 12.1 Å². The van der Waals surface area contributed by atoms with E-state index in [9.17, 15) is 4.39 Å². The number of halogens is 1. The first-order valence-corrected chi connectivity index (χ1v) is 7.96. The molecule has 2 nitrogen and oxygen atoms in total. The van der Waals surface area contributed by atoms with Crippen molar-refractivity contribution >= 4 is 11.8 Å². The number of nitrogens with one attached hydrogen (secondary N) is 1. The Morgan fingerprint density at radius 2 is 2.05 bits per heavy atom. The normalized spacial score (nSPS) is 10.6. The van der Waals surface area contributed by atoms with Crippen molar-refractivity contribution in [3.05, 3.63) is 59.4 Å². The van der Waals surface area contributed by atoms with E-state index in [-0.39, 0.29) is 5.82 Å². The summed E-state index contributed by atoms with van der Waals surface area (Å²) in [5, 5.41) is 3.31. The molecule has 1 N–H and O–H groups in total. The summed E-state index contributed by atoms with van der Waals surface area (Å²) in [6.45, 7) is 3.88. The van der Waals surface area contributed by atoms with Crippen LogP contribution in [0.2, 0.25) is 0 Å². The number of benzene rings is 2. The third-order valence-corrected chi connectivity index (χ3v) is 4.16. The second-order valence-electron chi connectivity index (χ2n) is 4.67. The van der Waals surface area contributed by atoms with Gasteiger partial charge in [-0.25, -0.2) is 4.39 Å². The third-order valence-electron chi connectivity index (χ3n) is 3.11. The molecular weight excluding hydrogens is 285 g/mol. The molecule has 0 bridgehead atoms. The number of ether oxygens (including phenoxy) is 1. The zero-order valence-corrected chi connectivity index (χ0v) is 13.2. The molecule has 0 atom stereocenters. The molecule has 0 heterocycles. The van der Waals surface area contributed by atoms with E-state index in [1.54, 1.807) is 31.0 Å². The molecule has 0 unspecified atom stereocenters. The second kappa shape index (κ2) is 8.05. The van der Waals surface area contributed by atoms with Crippen LogP contribution < -0.4 is 10.1 Å². The van der Waals surface area contributed by atoms with Gasteiger partial charge in [0, 0.05) is 22.8 Å². The molecule has 112 valence electrons. The predicted molar refractivity (Wildman–Crippen MR) is 86.3 cm³/mol. The van der Waals surface area contributed by atoms with Crippen LogP contribution in [0.15, 0.2) is 47.4 Å². The SMILES string of the molecule is CCNCc1ccc(OC)c(CSc2cccc(F)c2)c1. The van der Waals surface area contributed by atoms with Crippen molar-refractivity contribution < 1.29 is 9.13 Å². The molecule has 2 rings (SSSR count). The minimum absolute atomic E-state index is 0.201. The Morgan fingerprint density at radius 3 is 2.76 bits per heavy atom. The van der Waals surface area contributed by atoms with E-state index >= 15 is 0 Å². The summed E-state index contributed by atoms with van der Waals surface area (Å²) < 4.78 is 18.6. The number of rotatable bonds is 7. The molecule has 0 aliphatic heterocycles. The third kappa shape index (κ3) is 4.76. The van der Waals surface area contributed by atoms with Gasteiger partial charge >= 0.3 is 0 Å². The van der Waals surface area contributed by atoms with Gasteiger partial charge in [0.15, 0.2) is 0 Å². The maximum absolute atomic E-state index is 13.2. The number of hydrogen-bond acceptors (Lipinski definition) is 3. The number of hydrogen-bond donors (Lipinski definition) is 1. The molecular formula is C17H20FNOS. The highest BCUT2D eigenvalue weighted by Crippen LogP contribution is 2.29. The van der Waals surface area contributed by atoms with Crippen molar-refractivity contribution in [2.45, 2.75) is 24.1 Å². The molecule has 0 radical (unpaired) electrons. The maximum atomic E-state index is 13.2. The molecule has 0 fully saturated rings. The fourth-order valence-electron chi connectivity index (χ4n) is 2.04. The van der Waals surface area contributed by atoms with E-state index in [0.717, 1.165) is 35.1 Å². The Kier molecular flexibility index (Phi) is 6.08. The molecule has 4 heteroatoms. The summed E-state index contributed by atoms with van der Waals surface area (Å²) >= 11 is 1.61. The van der Waals surface area contributed by atoms with Gasteiger partial charge in [-0.3, -0.25) is 0 Å². The monoisotopic (exact) mass is 305 g/mol. The van der Waals surface area contributed by atoms with Gasteiger partial charge in [0.25, 0.3) is 0 Å². The molecule has 0 saturated heterocycles. The molecule has 0 aliphatic rings. The van der Waals surface area contributed by atoms with E-state index in [0.29, 0.717) is 0 Å². The van der Waals surface area contributed by atoms with E-state index in [1.165, 1.54) is 11.6 Å². The average molecular weight is 305 g/mol. The lowest BCUT2D eigenvalue weighted by Crippen LogP contribution is -2.11. The largest absolute Gasteiger partial charge is 0.496 e. The van der Waals surface area contributed by atoms with Crippen molar-refractivity contribution in [2.24, 2.45) is 0 Å². The summed E-state index contributed by atoms with van der Waals surface area (Å²) in [5.74, 6) is 1.43. The van der Waals surface area contributed by atoms with Gasteiger partial charge in [-0.05, 0) is 42.4 Å². The van der Waals surface area contributed by atoms with E-state index < -0.39 is 0 Å². The van der Waals surface area contributed by atoms with Crippen LogP contribution in [-0.4, -0.2) is 13.7 Å². The van der Waals surface area contributed by atoms with Crippen molar-refractivity contribution in [3.63, 3.8) is 0 Å². The smallest absolute Gasteiger partial charge is 0.124 e. The molecule has 2 aromatic rings. The van der Waals surface area contributed by atoms with Crippen LogP contribution in [-0.2, 0) is 12.3 Å². The standard InChI is InChI=1S/C17H20FNOS/c1-3-19-11-13-7-8-17(20-2)14(9-13)12-21-16-6-4-5-15(18)10-16/h4-10,19H,3,11-12H2,1-2H3. The first kappa shape index (κ1) is 15.9. The van der Waals surface area contributed by atoms with Crippen molar-refractivity contribution in [1.82, 2.24) is 5.32 Å². The minimum Gasteiger partial charge on any atom is -0.496 e. The van der Waals surface area contributed by atoms with Crippen molar-refractivity contribution in [2.75, 3.05) is 13.7 Å². The fraction of sp³-hybridized carbons (Fsp3) is 0.294. The van der Waals surface area contributed by atoms with Crippen LogP contribution in [0.4, 0.5) is 4.39 Å². The highest BCUT2D eigenvalue weighted by atomic mass is 32.2. The summed E-state index contributed by atoms with van der Waals surface area (Å²) in [6.07, 6.45) is 0. The zero-order chi connectivity index (χ0) is 15.1. The lowest BCUT2D eigenvalue weighted by Gasteiger charge is -2.11. The second-order valence-corrected chi connectivity index (χ2v) is 5.72. The van der Waals surface area contributed by atoms with Gasteiger partial charge < -0.3 is 10.1 Å². The first-order chi connectivity index (χ1) is 10.2. The molecule has 2 aromatic carbocycles. The summed E-state index contributed by atoms with van der Waals surface area (Å²) in [4.78, 5) is 0.925. The highest BCUT2D eigenvalue weighted by Gasteiger charge is 2.06. The molecule has 0 aromatic heterocycles. The number of thioether (sulfide) groups is 1. The maximum Gasteiger partial charge on any atom is 0.124 e. The van der Waals surface area contributed by atoms with Gasteiger partial charge in [-0.1, -0.05) is 19.1 Å². The highest BCUT2D eigenvalue weighted by molar-refractivity contribution is 7.98. The fourth-order valence-corrected chi connectivity index (χ4v) is 2.96. The molecule has 0 aliphatic carbocycles. The van der Waals surface area contributed by atoms with Gasteiger partial charge in [0.2, 0.25) is 0 Å². The summed E-state index contributed by atoms with van der Waals surface area (Å²) in [5.41, 5.74) is 2.36. The van der Waals surface area contributed by atoms with Crippen molar-refractivity contribution in [1.29, 1.82) is 0 Å². The predicted octanol–water partition coefficient (Wildman–Crippen LogP) is 4.24. The van der Waals surface area contributed by atoms with Crippen LogP contribution in [0.25, 0.3) is 0 Å². The number of methoxy groups -OCH3 is 1. The van der Waals surface area contributed by atoms with Crippen LogP contribution in [0.5, 0.6) is 5.75 Å². The van der Waals surface area contributed by atoms with Gasteiger partial charge in [0.1, 0.15) is 11.6 Å². The Labute approximate surface area is 129 Å². The Bertz CT molecular complexity index is 589. The molecule has 0 saturated carbocycles. The quantitative estimate of drug-likeness (QED) is 0.773. The summed E-state index contributed by atoms with van der Waals surface area (Å²) in [6, 6.07) is 12.9. The van der Waals surface area contributed by atoms with E-state index in [2.05, 4.69) is 24.4 Å². The van der Waals surface area contributed by atoms with Crippen molar-refractivity contribution in [3.8, 4) is 5.75 Å². The topological polar surface area (TPSA) is 21.3 Å². The van der Waals surface area contributed by atoms with Crippen LogP contribution in [0, 0.1) is 5.82 Å². The lowest BCUT2D eigenvalue weighted by atomic mass is 10.1. The molecule has 21 heavy (non-hydrogen) atoms. The Morgan fingerprint density at radius 1 is 1.19 bits per heavy atom. The van der Waals surface area contributed by atoms with E-state index in [4.69, 9.17) is 4.74 Å². The molecule has 0 spiro atoms. The van der Waals surface area contributed by atoms with Crippen LogP contribution in [0.3, 0.4) is 0 Å². The Balaban J connectivity index is 2.09. The Hall–Kier alpha value is -1.52. The molecule has 0 amide bonds. The lowest BCUT2D eigenvalue weighted by molar-refractivity contribution is 0.411. The van der Waals surface area contributed by atoms with Gasteiger partial charge in [0.05, 0.1) is 7.11 Å². The van der Waals surface area contributed by atoms with Gasteiger partial charge in [-0.15, -0.1) is 11.8 Å². The van der Waals surface area contributed by atoms with Crippen LogP contribution in [0.1, 0.15) is 18.1 Å². The van der Waals surface area contributed by atoms with Gasteiger partial charge in [-0.2, -0.15) is 0 Å². The van der Waals surface area contributed by atoms with Crippen LogP contribution >= 0.6 is 11.8 Å². The summed E-state index contributed by atoms with van der Waals surface area (Å²) in [7, 11) is 1.68. The zero-order valence-electron chi connectivity index (χ0n) is 12.4. The first-order valence-electron chi connectivity index (χ1n) is 6.97. The average Bonchev–Trinajstić information content (AvgIpc) is 2.51. The minimum atomic E-state index is -0.201.